The summed E-state index contributed by atoms with van der Waals surface area (Å²) < 4.78 is 2.05. The minimum absolute atomic E-state index is 0.332. The van der Waals surface area contributed by atoms with E-state index in [4.69, 9.17) is 0 Å². The van der Waals surface area contributed by atoms with Crippen molar-refractivity contribution in [3.63, 3.8) is 0 Å². The monoisotopic (exact) mass is 349 g/mol. The van der Waals surface area contributed by atoms with Gasteiger partial charge in [-0.3, -0.25) is 0 Å². The number of hydrogen-bond donors (Lipinski definition) is 1. The molecule has 2 aliphatic carbocycles. The predicted molar refractivity (Wildman–Crippen MR) is 103 cm³/mol. The number of hydrogen-bond acceptors (Lipinski definition) is 3. The fraction of sp³-hybridized carbons (Fsp3) is 0.500. The topological polar surface area (TPSA) is 40.8 Å². The first kappa shape index (κ1) is 16.1. The van der Waals surface area contributed by atoms with Crippen LogP contribution in [-0.2, 0) is 0 Å². The number of aromatic nitrogens is 2. The maximum Gasteiger partial charge on any atom is 0.0992 e. The van der Waals surface area contributed by atoms with Crippen molar-refractivity contribution in [3.05, 3.63) is 59.8 Å². The van der Waals surface area contributed by atoms with Crippen molar-refractivity contribution < 1.29 is 5.11 Å². The number of aliphatic hydroxyl groups excluding tert-OH is 1. The van der Waals surface area contributed by atoms with E-state index in [0.717, 1.165) is 49.9 Å². The third kappa shape index (κ3) is 2.86. The van der Waals surface area contributed by atoms with Gasteiger partial charge < -0.3 is 14.4 Å². The molecule has 0 aromatic carbocycles. The van der Waals surface area contributed by atoms with E-state index in [1.54, 1.807) is 0 Å². The minimum atomic E-state index is -0.385. The molecule has 1 aliphatic heterocycles. The number of pyridine rings is 1. The molecule has 1 saturated heterocycles. The fourth-order valence-corrected chi connectivity index (χ4v) is 4.65. The van der Waals surface area contributed by atoms with Crippen molar-refractivity contribution in [1.29, 1.82) is 0 Å². The van der Waals surface area contributed by atoms with Gasteiger partial charge in [0, 0.05) is 30.5 Å². The number of rotatable bonds is 4. The first-order valence-electron chi connectivity index (χ1n) is 10.1. The quantitative estimate of drug-likeness (QED) is 0.900. The Kier molecular flexibility index (Phi) is 4.08. The number of aliphatic hydroxyl groups is 1. The molecule has 0 radical (unpaired) electrons. The molecule has 3 heterocycles. The van der Waals surface area contributed by atoms with Gasteiger partial charge in [-0.25, -0.2) is 4.98 Å². The molecule has 2 aromatic rings. The van der Waals surface area contributed by atoms with Crippen LogP contribution in [-0.4, -0.2) is 32.5 Å². The maximum atomic E-state index is 11.3. The molecule has 26 heavy (non-hydrogen) atoms. The average Bonchev–Trinajstić information content (AvgIpc) is 3.44. The molecule has 5 rings (SSSR count). The van der Waals surface area contributed by atoms with E-state index >= 15 is 0 Å². The Labute approximate surface area is 154 Å². The first-order valence-corrected chi connectivity index (χ1v) is 10.1. The lowest BCUT2D eigenvalue weighted by Gasteiger charge is -2.37. The van der Waals surface area contributed by atoms with Crippen LogP contribution in [0.25, 0.3) is 5.52 Å². The molecule has 0 spiro atoms. The minimum Gasteiger partial charge on any atom is -0.388 e. The first-order chi connectivity index (χ1) is 12.8. The average molecular weight is 349 g/mol. The standard InChI is InChI=1S/C22H27N3O/c26-22(17-8-11-24(12-9-17)18-4-2-1-3-5-18)21-19(16-6-7-16)10-13-25-15-23-14-20(21)25/h2,4-5,10,13-17,22,26H,1,3,6-9,11-12H2. The Hall–Kier alpha value is -2.07. The molecule has 2 fully saturated rings. The van der Waals surface area contributed by atoms with Crippen molar-refractivity contribution in [2.75, 3.05) is 13.1 Å². The maximum absolute atomic E-state index is 11.3. The van der Waals surface area contributed by atoms with Gasteiger partial charge in [-0.15, -0.1) is 0 Å². The molecule has 0 bridgehead atoms. The molecule has 2 aromatic heterocycles. The molecule has 4 heteroatoms. The van der Waals surface area contributed by atoms with Gasteiger partial charge in [-0.1, -0.05) is 12.2 Å². The third-order valence-electron chi connectivity index (χ3n) is 6.31. The summed E-state index contributed by atoms with van der Waals surface area (Å²) in [6.07, 6.45) is 19.3. The van der Waals surface area contributed by atoms with Gasteiger partial charge in [0.15, 0.2) is 0 Å². The highest BCUT2D eigenvalue weighted by Gasteiger charge is 2.34. The lowest BCUT2D eigenvalue weighted by atomic mass is 9.84. The van der Waals surface area contributed by atoms with Gasteiger partial charge in [0.1, 0.15) is 0 Å². The fourth-order valence-electron chi connectivity index (χ4n) is 4.65. The lowest BCUT2D eigenvalue weighted by molar-refractivity contribution is 0.0682. The van der Waals surface area contributed by atoms with E-state index in [2.05, 4.69) is 44.8 Å². The number of fused-ring (bicyclic) bond motifs is 1. The summed E-state index contributed by atoms with van der Waals surface area (Å²) in [5.74, 6) is 0.968. The second-order valence-electron chi connectivity index (χ2n) is 8.02. The van der Waals surface area contributed by atoms with Gasteiger partial charge in [0.05, 0.1) is 24.1 Å². The zero-order valence-electron chi connectivity index (χ0n) is 15.2. The van der Waals surface area contributed by atoms with Crippen LogP contribution in [0, 0.1) is 5.92 Å². The van der Waals surface area contributed by atoms with E-state index in [9.17, 15) is 5.11 Å². The van der Waals surface area contributed by atoms with Gasteiger partial charge in [0.25, 0.3) is 0 Å². The molecule has 3 aliphatic rings. The zero-order valence-corrected chi connectivity index (χ0v) is 15.2. The number of imidazole rings is 1. The molecule has 1 unspecified atom stereocenters. The van der Waals surface area contributed by atoms with E-state index in [-0.39, 0.29) is 6.10 Å². The Morgan fingerprint density at radius 2 is 1.96 bits per heavy atom. The van der Waals surface area contributed by atoms with Crippen molar-refractivity contribution in [3.8, 4) is 0 Å². The number of nitrogens with zero attached hydrogens (tertiary/aromatic N) is 3. The summed E-state index contributed by atoms with van der Waals surface area (Å²) in [7, 11) is 0. The van der Waals surface area contributed by atoms with Crippen LogP contribution < -0.4 is 0 Å². The summed E-state index contributed by atoms with van der Waals surface area (Å²) in [4.78, 5) is 6.80. The van der Waals surface area contributed by atoms with Crippen LogP contribution in [0.1, 0.15) is 61.7 Å². The van der Waals surface area contributed by atoms with E-state index in [1.165, 1.54) is 24.1 Å². The summed E-state index contributed by atoms with van der Waals surface area (Å²) in [5, 5.41) is 11.3. The van der Waals surface area contributed by atoms with Crippen LogP contribution in [0.4, 0.5) is 0 Å². The van der Waals surface area contributed by atoms with E-state index in [0.29, 0.717) is 11.8 Å². The van der Waals surface area contributed by atoms with Crippen molar-refractivity contribution in [1.82, 2.24) is 14.3 Å². The van der Waals surface area contributed by atoms with Crippen LogP contribution in [0.3, 0.4) is 0 Å². The van der Waals surface area contributed by atoms with Crippen LogP contribution in [0.5, 0.6) is 0 Å². The van der Waals surface area contributed by atoms with Gasteiger partial charge in [0.2, 0.25) is 0 Å². The molecule has 1 saturated carbocycles. The third-order valence-corrected chi connectivity index (χ3v) is 6.31. The van der Waals surface area contributed by atoms with Crippen molar-refractivity contribution in [2.45, 2.75) is 50.5 Å². The highest BCUT2D eigenvalue weighted by Crippen LogP contribution is 2.46. The zero-order chi connectivity index (χ0) is 17.5. The van der Waals surface area contributed by atoms with Gasteiger partial charge >= 0.3 is 0 Å². The largest absolute Gasteiger partial charge is 0.388 e. The highest BCUT2D eigenvalue weighted by molar-refractivity contribution is 5.59. The normalized spacial score (nSPS) is 22.7. The molecular weight excluding hydrogens is 322 g/mol. The van der Waals surface area contributed by atoms with E-state index in [1.807, 2.05) is 12.5 Å². The Morgan fingerprint density at radius 1 is 1.12 bits per heavy atom. The smallest absolute Gasteiger partial charge is 0.0992 e. The Balaban J connectivity index is 1.37. The second kappa shape index (κ2) is 6.58. The highest BCUT2D eigenvalue weighted by atomic mass is 16.3. The van der Waals surface area contributed by atoms with Crippen LogP contribution in [0.15, 0.2) is 48.7 Å². The predicted octanol–water partition coefficient (Wildman–Crippen LogP) is 4.19. The number of allylic oxidation sites excluding steroid dienone is 3. The molecule has 0 amide bonds. The number of piperidine rings is 1. The second-order valence-corrected chi connectivity index (χ2v) is 8.02. The molecule has 1 atom stereocenters. The van der Waals surface area contributed by atoms with E-state index < -0.39 is 0 Å². The lowest BCUT2D eigenvalue weighted by Crippen LogP contribution is -2.35. The van der Waals surface area contributed by atoms with Crippen LogP contribution in [0.2, 0.25) is 0 Å². The summed E-state index contributed by atoms with van der Waals surface area (Å²) in [5.41, 5.74) is 4.96. The number of likely N-dealkylation sites (tertiary alicyclic amines) is 1. The summed E-state index contributed by atoms with van der Waals surface area (Å²) >= 11 is 0. The van der Waals surface area contributed by atoms with Gasteiger partial charge in [-0.2, -0.15) is 0 Å². The molecular formula is C22H27N3O. The SMILES string of the molecule is OC(c1c(C2CC2)ccn2cncc12)C1CCN(C2=CCCC=C2)CC1. The molecule has 1 N–H and O–H groups in total. The Bertz CT molecular complexity index is 853. The van der Waals surface area contributed by atoms with Crippen LogP contribution >= 0.6 is 0 Å². The summed E-state index contributed by atoms with van der Waals surface area (Å²) in [6, 6.07) is 2.21. The molecule has 136 valence electrons. The summed E-state index contributed by atoms with van der Waals surface area (Å²) in [6.45, 7) is 2.08. The van der Waals surface area contributed by atoms with Crippen molar-refractivity contribution in [2.24, 2.45) is 5.92 Å². The molecule has 4 nitrogen and oxygen atoms in total. The Morgan fingerprint density at radius 3 is 2.69 bits per heavy atom. The van der Waals surface area contributed by atoms with Gasteiger partial charge in [-0.05, 0) is 68.1 Å². The van der Waals surface area contributed by atoms with Crippen molar-refractivity contribution >= 4 is 5.52 Å².